The molecule has 1 N–H and O–H groups in total. The van der Waals surface area contributed by atoms with Crippen LogP contribution in [0.2, 0.25) is 0 Å². The fourth-order valence-corrected chi connectivity index (χ4v) is 3.55. The van der Waals surface area contributed by atoms with E-state index >= 15 is 0 Å². The van der Waals surface area contributed by atoms with Gasteiger partial charge in [-0.15, -0.1) is 0 Å². The Morgan fingerprint density at radius 1 is 1.00 bits per heavy atom. The van der Waals surface area contributed by atoms with E-state index in [9.17, 15) is 14.7 Å². The SMILES string of the molecule is COC(=O)CCc1cc(OC)c2c(c1)[C@@H](C(=O)OC)[C@H](c1ccc(O)c(OC)c1)O2. The number of phenolic OH excluding ortho intramolecular Hbond substituents is 1. The van der Waals surface area contributed by atoms with E-state index in [4.69, 9.17) is 23.7 Å². The van der Waals surface area contributed by atoms with Crippen molar-refractivity contribution < 1.29 is 38.4 Å². The molecule has 0 spiro atoms. The molecule has 0 unspecified atom stereocenters. The molecule has 1 heterocycles. The van der Waals surface area contributed by atoms with Gasteiger partial charge in [-0.1, -0.05) is 12.1 Å². The first-order valence-corrected chi connectivity index (χ1v) is 9.32. The number of phenols is 1. The molecule has 2 aromatic carbocycles. The third kappa shape index (κ3) is 3.98. The zero-order valence-electron chi connectivity index (χ0n) is 17.3. The number of rotatable bonds is 7. The number of methoxy groups -OCH3 is 4. The third-order valence-electron chi connectivity index (χ3n) is 5.08. The highest BCUT2D eigenvalue weighted by Gasteiger charge is 2.43. The molecule has 2 atom stereocenters. The second-order valence-corrected chi connectivity index (χ2v) is 6.76. The summed E-state index contributed by atoms with van der Waals surface area (Å²) in [4.78, 5) is 24.2. The Kier molecular flexibility index (Phi) is 6.34. The van der Waals surface area contributed by atoms with Gasteiger partial charge in [0, 0.05) is 12.0 Å². The Hall–Kier alpha value is -3.42. The maximum atomic E-state index is 12.7. The molecule has 30 heavy (non-hydrogen) atoms. The molecular weight excluding hydrogens is 392 g/mol. The summed E-state index contributed by atoms with van der Waals surface area (Å²) in [5.41, 5.74) is 2.05. The Morgan fingerprint density at radius 2 is 1.73 bits per heavy atom. The van der Waals surface area contributed by atoms with Crippen LogP contribution in [0.4, 0.5) is 0 Å². The average Bonchev–Trinajstić information content (AvgIpc) is 3.16. The molecule has 0 aromatic heterocycles. The molecule has 0 saturated carbocycles. The predicted octanol–water partition coefficient (Wildman–Crippen LogP) is 2.91. The first kappa shape index (κ1) is 21.3. The summed E-state index contributed by atoms with van der Waals surface area (Å²) in [6.45, 7) is 0. The van der Waals surface area contributed by atoms with Crippen LogP contribution in [0.1, 0.15) is 35.1 Å². The maximum absolute atomic E-state index is 12.7. The number of ether oxygens (including phenoxy) is 5. The molecule has 0 radical (unpaired) electrons. The standard InChI is InChI=1S/C22H24O8/c1-26-16-11-13(6-7-15(16)23)20-19(22(25)29-4)14-9-12(5-8-18(24)28-3)10-17(27-2)21(14)30-20/h6-7,9-11,19-20,23H,5,8H2,1-4H3/t19-,20+/m1/s1. The van der Waals surface area contributed by atoms with E-state index in [0.717, 1.165) is 5.56 Å². The Balaban J connectivity index is 2.05. The van der Waals surface area contributed by atoms with Crippen LogP contribution in [0.5, 0.6) is 23.0 Å². The Labute approximate surface area is 174 Å². The molecule has 0 fully saturated rings. The van der Waals surface area contributed by atoms with Crippen LogP contribution in [0.15, 0.2) is 30.3 Å². The van der Waals surface area contributed by atoms with E-state index in [2.05, 4.69) is 0 Å². The van der Waals surface area contributed by atoms with Crippen molar-refractivity contribution in [2.45, 2.75) is 24.9 Å². The van der Waals surface area contributed by atoms with Gasteiger partial charge in [-0.3, -0.25) is 9.59 Å². The van der Waals surface area contributed by atoms with Crippen molar-refractivity contribution in [2.24, 2.45) is 0 Å². The lowest BCUT2D eigenvalue weighted by Crippen LogP contribution is -2.20. The summed E-state index contributed by atoms with van der Waals surface area (Å²) >= 11 is 0. The number of hydrogen-bond acceptors (Lipinski definition) is 8. The fourth-order valence-electron chi connectivity index (χ4n) is 3.55. The zero-order valence-corrected chi connectivity index (χ0v) is 17.3. The van der Waals surface area contributed by atoms with Gasteiger partial charge in [0.2, 0.25) is 0 Å². The van der Waals surface area contributed by atoms with Crippen molar-refractivity contribution in [1.82, 2.24) is 0 Å². The largest absolute Gasteiger partial charge is 0.504 e. The van der Waals surface area contributed by atoms with Crippen LogP contribution in [0.3, 0.4) is 0 Å². The molecule has 1 aliphatic rings. The minimum absolute atomic E-state index is 0.0194. The summed E-state index contributed by atoms with van der Waals surface area (Å²) in [6, 6.07) is 8.35. The monoisotopic (exact) mass is 416 g/mol. The fraction of sp³-hybridized carbons (Fsp3) is 0.364. The van der Waals surface area contributed by atoms with Crippen LogP contribution >= 0.6 is 0 Å². The minimum Gasteiger partial charge on any atom is -0.504 e. The van der Waals surface area contributed by atoms with Gasteiger partial charge in [0.05, 0.1) is 28.4 Å². The first-order valence-electron chi connectivity index (χ1n) is 9.32. The normalized spacial score (nSPS) is 16.9. The van der Waals surface area contributed by atoms with Gasteiger partial charge in [-0.25, -0.2) is 0 Å². The summed E-state index contributed by atoms with van der Waals surface area (Å²) < 4.78 is 26.5. The number of esters is 2. The summed E-state index contributed by atoms with van der Waals surface area (Å²) in [5, 5.41) is 9.90. The summed E-state index contributed by atoms with van der Waals surface area (Å²) in [7, 11) is 5.60. The van der Waals surface area contributed by atoms with Gasteiger partial charge in [0.1, 0.15) is 12.0 Å². The minimum atomic E-state index is -0.758. The van der Waals surface area contributed by atoms with Crippen molar-refractivity contribution >= 4 is 11.9 Å². The maximum Gasteiger partial charge on any atom is 0.317 e. The number of carbonyl (C=O) groups excluding carboxylic acids is 2. The highest BCUT2D eigenvalue weighted by Crippen LogP contribution is 2.52. The van der Waals surface area contributed by atoms with E-state index in [1.165, 1.54) is 34.5 Å². The third-order valence-corrected chi connectivity index (χ3v) is 5.08. The van der Waals surface area contributed by atoms with E-state index in [1.807, 2.05) is 6.07 Å². The van der Waals surface area contributed by atoms with Crippen molar-refractivity contribution in [2.75, 3.05) is 28.4 Å². The van der Waals surface area contributed by atoms with Gasteiger partial charge in [-0.05, 0) is 35.7 Å². The summed E-state index contributed by atoms with van der Waals surface area (Å²) in [6.07, 6.45) is -0.0883. The highest BCUT2D eigenvalue weighted by molar-refractivity contribution is 5.82. The number of benzene rings is 2. The summed E-state index contributed by atoms with van der Waals surface area (Å²) in [5.74, 6) is -0.426. The van der Waals surface area contributed by atoms with Gasteiger partial charge in [-0.2, -0.15) is 0 Å². The molecule has 0 saturated heterocycles. The quantitative estimate of drug-likeness (QED) is 0.688. The molecule has 0 amide bonds. The van der Waals surface area contributed by atoms with E-state index in [0.29, 0.717) is 29.0 Å². The second-order valence-electron chi connectivity index (χ2n) is 6.76. The van der Waals surface area contributed by atoms with Crippen LogP contribution in [-0.4, -0.2) is 45.5 Å². The second kappa shape index (κ2) is 8.94. The predicted molar refractivity (Wildman–Crippen MR) is 106 cm³/mol. The van der Waals surface area contributed by atoms with Crippen molar-refractivity contribution in [3.8, 4) is 23.0 Å². The van der Waals surface area contributed by atoms with Crippen LogP contribution in [-0.2, 0) is 25.5 Å². The van der Waals surface area contributed by atoms with Crippen molar-refractivity contribution in [3.63, 3.8) is 0 Å². The van der Waals surface area contributed by atoms with Crippen LogP contribution < -0.4 is 14.2 Å². The lowest BCUT2D eigenvalue weighted by Gasteiger charge is -2.18. The van der Waals surface area contributed by atoms with E-state index < -0.39 is 18.0 Å². The van der Waals surface area contributed by atoms with Crippen LogP contribution in [0.25, 0.3) is 0 Å². The van der Waals surface area contributed by atoms with Crippen molar-refractivity contribution in [3.05, 3.63) is 47.0 Å². The van der Waals surface area contributed by atoms with Crippen LogP contribution in [0, 0.1) is 0 Å². The molecule has 2 aromatic rings. The lowest BCUT2D eigenvalue weighted by atomic mass is 9.89. The first-order chi connectivity index (χ1) is 14.4. The van der Waals surface area contributed by atoms with Gasteiger partial charge in [0.15, 0.2) is 23.0 Å². The van der Waals surface area contributed by atoms with E-state index in [-0.39, 0.29) is 23.9 Å². The number of aryl methyl sites for hydroxylation is 1. The van der Waals surface area contributed by atoms with Crippen molar-refractivity contribution in [1.29, 1.82) is 0 Å². The molecule has 160 valence electrons. The van der Waals surface area contributed by atoms with E-state index in [1.54, 1.807) is 18.2 Å². The smallest absolute Gasteiger partial charge is 0.317 e. The van der Waals surface area contributed by atoms with Gasteiger partial charge < -0.3 is 28.8 Å². The Bertz CT molecular complexity index is 952. The Morgan fingerprint density at radius 3 is 2.37 bits per heavy atom. The molecular formula is C22H24O8. The van der Waals surface area contributed by atoms with Gasteiger partial charge >= 0.3 is 11.9 Å². The molecule has 1 aliphatic heterocycles. The number of hydrogen-bond donors (Lipinski definition) is 1. The molecule has 0 aliphatic carbocycles. The average molecular weight is 416 g/mol. The number of carbonyl (C=O) groups is 2. The highest BCUT2D eigenvalue weighted by atomic mass is 16.5. The lowest BCUT2D eigenvalue weighted by molar-refractivity contribution is -0.144. The molecule has 0 bridgehead atoms. The molecule has 8 nitrogen and oxygen atoms in total. The molecule has 3 rings (SSSR count). The topological polar surface area (TPSA) is 101 Å². The zero-order chi connectivity index (χ0) is 21.8. The number of fused-ring (bicyclic) bond motifs is 1. The van der Waals surface area contributed by atoms with Gasteiger partial charge in [0.25, 0.3) is 0 Å². The molecule has 8 heteroatoms. The number of aromatic hydroxyl groups is 1.